The van der Waals surface area contributed by atoms with E-state index in [0.29, 0.717) is 5.92 Å². The molecule has 0 aliphatic carbocycles. The van der Waals surface area contributed by atoms with Crippen molar-refractivity contribution in [1.29, 1.82) is 0 Å². The zero-order valence-corrected chi connectivity index (χ0v) is 11.1. The van der Waals surface area contributed by atoms with Gasteiger partial charge >= 0.3 is 0 Å². The zero-order valence-electron chi connectivity index (χ0n) is 10.3. The van der Waals surface area contributed by atoms with Crippen molar-refractivity contribution in [1.82, 2.24) is 0 Å². The molecule has 0 saturated carbocycles. The number of hydrogen-bond acceptors (Lipinski definition) is 3. The first-order valence-corrected chi connectivity index (χ1v) is 6.89. The molecule has 2 aliphatic rings. The van der Waals surface area contributed by atoms with Crippen LogP contribution in [-0.4, -0.2) is 25.9 Å². The number of rotatable bonds is 3. The second kappa shape index (κ2) is 5.08. The standard InChI is InChI=1S/C14H18ClNO2/c15-12-5-9-2-4-18-14(9)11(6-12)7-13(16)10-1-3-17-8-10/h5-6,10,13H,1-4,7-8,16H2. The number of nitrogens with two attached hydrogens (primary N) is 1. The average Bonchev–Trinajstić information content (AvgIpc) is 2.98. The lowest BCUT2D eigenvalue weighted by molar-refractivity contribution is 0.180. The van der Waals surface area contributed by atoms with Crippen molar-refractivity contribution < 1.29 is 9.47 Å². The Morgan fingerprint density at radius 2 is 2.28 bits per heavy atom. The van der Waals surface area contributed by atoms with Crippen molar-refractivity contribution in [3.05, 3.63) is 28.3 Å². The molecule has 4 heteroatoms. The van der Waals surface area contributed by atoms with Crippen LogP contribution >= 0.6 is 11.6 Å². The van der Waals surface area contributed by atoms with E-state index in [0.717, 1.165) is 55.4 Å². The minimum absolute atomic E-state index is 0.124. The third-order valence-corrected chi connectivity index (χ3v) is 4.07. The summed E-state index contributed by atoms with van der Waals surface area (Å²) in [6.07, 6.45) is 2.83. The van der Waals surface area contributed by atoms with Crippen molar-refractivity contribution in [2.24, 2.45) is 11.7 Å². The fraction of sp³-hybridized carbons (Fsp3) is 0.571. The second-order valence-electron chi connectivity index (χ2n) is 5.14. The smallest absolute Gasteiger partial charge is 0.125 e. The molecule has 0 spiro atoms. The molecule has 1 aromatic rings. The molecule has 0 radical (unpaired) electrons. The van der Waals surface area contributed by atoms with Crippen LogP contribution in [0.3, 0.4) is 0 Å². The Morgan fingerprint density at radius 1 is 1.39 bits per heavy atom. The lowest BCUT2D eigenvalue weighted by Gasteiger charge is -2.19. The van der Waals surface area contributed by atoms with E-state index in [-0.39, 0.29) is 6.04 Å². The summed E-state index contributed by atoms with van der Waals surface area (Å²) in [7, 11) is 0. The van der Waals surface area contributed by atoms with Gasteiger partial charge in [0.25, 0.3) is 0 Å². The van der Waals surface area contributed by atoms with E-state index < -0.39 is 0 Å². The summed E-state index contributed by atoms with van der Waals surface area (Å²) in [5.74, 6) is 1.47. The molecule has 0 bridgehead atoms. The summed E-state index contributed by atoms with van der Waals surface area (Å²) in [6, 6.07) is 4.11. The van der Waals surface area contributed by atoms with Gasteiger partial charge in [-0.1, -0.05) is 11.6 Å². The maximum Gasteiger partial charge on any atom is 0.125 e. The molecular weight excluding hydrogens is 250 g/mol. The lowest BCUT2D eigenvalue weighted by Crippen LogP contribution is -2.32. The molecular formula is C14H18ClNO2. The summed E-state index contributed by atoms with van der Waals surface area (Å²) in [6.45, 7) is 2.37. The van der Waals surface area contributed by atoms with E-state index in [2.05, 4.69) is 0 Å². The fourth-order valence-electron chi connectivity index (χ4n) is 2.81. The van der Waals surface area contributed by atoms with Crippen LogP contribution in [0, 0.1) is 5.92 Å². The van der Waals surface area contributed by atoms with E-state index in [1.54, 1.807) is 0 Å². The van der Waals surface area contributed by atoms with Gasteiger partial charge in [0, 0.05) is 24.1 Å². The van der Waals surface area contributed by atoms with Crippen molar-refractivity contribution in [2.45, 2.75) is 25.3 Å². The van der Waals surface area contributed by atoms with Gasteiger partial charge < -0.3 is 15.2 Å². The molecule has 2 aliphatic heterocycles. The molecule has 2 unspecified atom stereocenters. The normalized spacial score (nSPS) is 23.8. The van der Waals surface area contributed by atoms with Gasteiger partial charge in [-0.2, -0.15) is 0 Å². The van der Waals surface area contributed by atoms with Gasteiger partial charge in [0.2, 0.25) is 0 Å². The van der Waals surface area contributed by atoms with Gasteiger partial charge in [0.1, 0.15) is 5.75 Å². The van der Waals surface area contributed by atoms with E-state index in [4.69, 9.17) is 26.8 Å². The number of hydrogen-bond donors (Lipinski definition) is 1. The van der Waals surface area contributed by atoms with E-state index in [9.17, 15) is 0 Å². The second-order valence-corrected chi connectivity index (χ2v) is 5.58. The predicted molar refractivity (Wildman–Crippen MR) is 71.3 cm³/mol. The van der Waals surface area contributed by atoms with Gasteiger partial charge in [-0.25, -0.2) is 0 Å². The lowest BCUT2D eigenvalue weighted by atomic mass is 9.92. The van der Waals surface area contributed by atoms with Crippen molar-refractivity contribution in [2.75, 3.05) is 19.8 Å². The third-order valence-electron chi connectivity index (χ3n) is 3.85. The first-order valence-electron chi connectivity index (χ1n) is 6.51. The van der Waals surface area contributed by atoms with Crippen LogP contribution in [0.1, 0.15) is 17.5 Å². The molecule has 3 rings (SSSR count). The number of halogens is 1. The molecule has 0 aromatic heterocycles. The fourth-order valence-corrected chi connectivity index (χ4v) is 3.07. The Labute approximate surface area is 112 Å². The first-order chi connectivity index (χ1) is 8.74. The van der Waals surface area contributed by atoms with Gasteiger partial charge in [0.15, 0.2) is 0 Å². The Kier molecular flexibility index (Phi) is 3.46. The maximum atomic E-state index is 6.28. The van der Waals surface area contributed by atoms with Crippen molar-refractivity contribution >= 4 is 11.6 Å². The molecule has 98 valence electrons. The van der Waals surface area contributed by atoms with Crippen molar-refractivity contribution in [3.63, 3.8) is 0 Å². The topological polar surface area (TPSA) is 44.5 Å². The van der Waals surface area contributed by atoms with Gasteiger partial charge in [-0.15, -0.1) is 0 Å². The summed E-state index contributed by atoms with van der Waals surface area (Å²) in [5.41, 5.74) is 8.64. The highest BCUT2D eigenvalue weighted by Gasteiger charge is 2.25. The molecule has 1 aromatic carbocycles. The molecule has 3 nitrogen and oxygen atoms in total. The quantitative estimate of drug-likeness (QED) is 0.913. The minimum Gasteiger partial charge on any atom is -0.493 e. The number of fused-ring (bicyclic) bond motifs is 1. The highest BCUT2D eigenvalue weighted by atomic mass is 35.5. The molecule has 1 fully saturated rings. The van der Waals surface area contributed by atoms with Crippen LogP contribution in [0.5, 0.6) is 5.75 Å². The van der Waals surface area contributed by atoms with E-state index in [1.165, 1.54) is 5.56 Å². The molecule has 2 atom stereocenters. The van der Waals surface area contributed by atoms with Crippen molar-refractivity contribution in [3.8, 4) is 5.75 Å². The molecule has 2 heterocycles. The molecule has 18 heavy (non-hydrogen) atoms. The highest BCUT2D eigenvalue weighted by Crippen LogP contribution is 2.34. The highest BCUT2D eigenvalue weighted by molar-refractivity contribution is 6.30. The van der Waals surface area contributed by atoms with Crippen LogP contribution in [0.15, 0.2) is 12.1 Å². The van der Waals surface area contributed by atoms with Crippen LogP contribution in [0.4, 0.5) is 0 Å². The Bertz CT molecular complexity index is 444. The van der Waals surface area contributed by atoms with Crippen LogP contribution in [0.25, 0.3) is 0 Å². The maximum absolute atomic E-state index is 6.28. The number of ether oxygens (including phenoxy) is 2. The summed E-state index contributed by atoms with van der Waals surface area (Å²) in [4.78, 5) is 0. The summed E-state index contributed by atoms with van der Waals surface area (Å²) >= 11 is 6.15. The zero-order chi connectivity index (χ0) is 12.5. The van der Waals surface area contributed by atoms with E-state index >= 15 is 0 Å². The van der Waals surface area contributed by atoms with Gasteiger partial charge in [0.05, 0.1) is 13.2 Å². The Morgan fingerprint density at radius 3 is 3.06 bits per heavy atom. The monoisotopic (exact) mass is 267 g/mol. The molecule has 2 N–H and O–H groups in total. The summed E-state index contributed by atoms with van der Waals surface area (Å²) in [5, 5.41) is 0.782. The Hall–Kier alpha value is -0.770. The third kappa shape index (κ3) is 2.35. The van der Waals surface area contributed by atoms with Gasteiger partial charge in [-0.05, 0) is 42.0 Å². The molecule has 0 amide bonds. The van der Waals surface area contributed by atoms with Crippen LogP contribution < -0.4 is 10.5 Å². The SMILES string of the molecule is NC(Cc1cc(Cl)cc2c1OCC2)C1CCOC1. The Balaban J connectivity index is 1.79. The average molecular weight is 268 g/mol. The first kappa shape index (κ1) is 12.3. The van der Waals surface area contributed by atoms with Gasteiger partial charge in [-0.3, -0.25) is 0 Å². The largest absolute Gasteiger partial charge is 0.493 e. The van der Waals surface area contributed by atoms with Crippen LogP contribution in [0.2, 0.25) is 5.02 Å². The number of benzene rings is 1. The minimum atomic E-state index is 0.124. The molecule has 1 saturated heterocycles. The summed E-state index contributed by atoms with van der Waals surface area (Å²) < 4.78 is 11.1. The van der Waals surface area contributed by atoms with E-state index in [1.807, 2.05) is 12.1 Å². The predicted octanol–water partition coefficient (Wildman–Crippen LogP) is 2.18. The van der Waals surface area contributed by atoms with Crippen LogP contribution in [-0.2, 0) is 17.6 Å².